The van der Waals surface area contributed by atoms with Crippen molar-refractivity contribution in [3.63, 3.8) is 0 Å². The maximum atomic E-state index is 12.8. The van der Waals surface area contributed by atoms with Crippen molar-refractivity contribution in [3.8, 4) is 0 Å². The average molecular weight is 433 g/mol. The van der Waals surface area contributed by atoms with E-state index < -0.39 is 47.9 Å². The third-order valence-corrected chi connectivity index (χ3v) is 5.32. The van der Waals surface area contributed by atoms with E-state index in [9.17, 15) is 24.3 Å². The molecule has 0 aromatic rings. The lowest BCUT2D eigenvalue weighted by Gasteiger charge is -2.28. The molecule has 0 fully saturated rings. The number of aliphatic carboxylic acids is 1. The molecule has 0 aliphatic carbocycles. The van der Waals surface area contributed by atoms with Crippen molar-refractivity contribution in [2.24, 2.45) is 17.6 Å². The van der Waals surface area contributed by atoms with Gasteiger partial charge in [-0.1, -0.05) is 34.1 Å². The molecular formula is C19H36N4O5S. The number of carbonyl (C=O) groups excluding carboxylic acids is 3. The first kappa shape index (κ1) is 27.2. The highest BCUT2D eigenvalue weighted by Gasteiger charge is 2.33. The molecule has 0 aromatic carbocycles. The first-order valence-electron chi connectivity index (χ1n) is 9.84. The second-order valence-corrected chi connectivity index (χ2v) is 8.56. The summed E-state index contributed by atoms with van der Waals surface area (Å²) < 4.78 is 0. The minimum Gasteiger partial charge on any atom is -0.480 e. The van der Waals surface area contributed by atoms with Gasteiger partial charge in [-0.05, 0) is 37.2 Å². The highest BCUT2D eigenvalue weighted by Crippen LogP contribution is 2.11. The quantitative estimate of drug-likeness (QED) is 0.281. The molecule has 29 heavy (non-hydrogen) atoms. The number of carbonyl (C=O) groups is 4. The van der Waals surface area contributed by atoms with Crippen molar-refractivity contribution in [1.82, 2.24) is 16.0 Å². The third kappa shape index (κ3) is 9.49. The number of carboxylic acid groups (broad SMARTS) is 1. The minimum atomic E-state index is -1.13. The fourth-order valence-electron chi connectivity index (χ4n) is 2.52. The maximum absolute atomic E-state index is 12.8. The summed E-state index contributed by atoms with van der Waals surface area (Å²) in [5.74, 6) is -2.56. The van der Waals surface area contributed by atoms with Gasteiger partial charge in [-0.2, -0.15) is 11.8 Å². The summed E-state index contributed by atoms with van der Waals surface area (Å²) in [6, 6.07) is -3.58. The second kappa shape index (κ2) is 13.4. The molecule has 0 rings (SSSR count). The number of thioether (sulfide) groups is 1. The summed E-state index contributed by atoms with van der Waals surface area (Å²) in [6.45, 7) is 8.58. The highest BCUT2D eigenvalue weighted by atomic mass is 32.2. The molecule has 0 saturated heterocycles. The van der Waals surface area contributed by atoms with Crippen LogP contribution in [0.1, 0.15) is 47.5 Å². The molecule has 3 amide bonds. The van der Waals surface area contributed by atoms with Gasteiger partial charge in [0.15, 0.2) is 0 Å². The first-order valence-corrected chi connectivity index (χ1v) is 11.2. The van der Waals surface area contributed by atoms with Crippen LogP contribution in [0.15, 0.2) is 0 Å². The van der Waals surface area contributed by atoms with E-state index in [2.05, 4.69) is 16.0 Å². The molecule has 0 aromatic heterocycles. The summed E-state index contributed by atoms with van der Waals surface area (Å²) in [4.78, 5) is 49.0. The van der Waals surface area contributed by atoms with Crippen LogP contribution in [-0.2, 0) is 19.2 Å². The predicted octanol–water partition coefficient (Wildman–Crippen LogP) is 0.328. The van der Waals surface area contributed by atoms with Crippen LogP contribution in [0, 0.1) is 11.8 Å². The zero-order chi connectivity index (χ0) is 22.7. The fraction of sp³-hybridized carbons (Fsp3) is 0.789. The monoisotopic (exact) mass is 432 g/mol. The van der Waals surface area contributed by atoms with Gasteiger partial charge in [0.25, 0.3) is 0 Å². The van der Waals surface area contributed by atoms with Crippen LogP contribution in [0.25, 0.3) is 0 Å². The molecule has 0 radical (unpaired) electrons. The zero-order valence-corrected chi connectivity index (χ0v) is 19.0. The van der Waals surface area contributed by atoms with Crippen molar-refractivity contribution >= 4 is 35.5 Å². The van der Waals surface area contributed by atoms with Gasteiger partial charge in [-0.15, -0.1) is 0 Å². The molecule has 0 saturated carbocycles. The Bertz CT molecular complexity index is 571. The first-order chi connectivity index (χ1) is 13.5. The number of nitrogens with two attached hydrogens (primary N) is 1. The lowest BCUT2D eigenvalue weighted by atomic mass is 9.96. The van der Waals surface area contributed by atoms with E-state index in [0.29, 0.717) is 18.6 Å². The normalized spacial score (nSPS) is 16.3. The van der Waals surface area contributed by atoms with Crippen LogP contribution < -0.4 is 21.7 Å². The van der Waals surface area contributed by atoms with Gasteiger partial charge in [0.05, 0.1) is 6.04 Å². The molecule has 5 atom stereocenters. The second-order valence-electron chi connectivity index (χ2n) is 7.57. The van der Waals surface area contributed by atoms with E-state index in [4.69, 9.17) is 5.73 Å². The van der Waals surface area contributed by atoms with Gasteiger partial charge in [-0.25, -0.2) is 4.79 Å². The molecule has 10 heteroatoms. The summed E-state index contributed by atoms with van der Waals surface area (Å²) in [7, 11) is 0. The average Bonchev–Trinajstić information content (AvgIpc) is 2.65. The SMILES string of the molecule is CCC(C)C(NC(=O)C(CCSC)NC(=O)C(C)N)C(=O)NC(C(=O)O)C(C)C. The number of rotatable bonds is 13. The predicted molar refractivity (Wildman–Crippen MR) is 114 cm³/mol. The van der Waals surface area contributed by atoms with E-state index in [1.807, 2.05) is 13.2 Å². The van der Waals surface area contributed by atoms with Gasteiger partial charge in [-0.3, -0.25) is 14.4 Å². The Labute approximate surface area is 177 Å². The lowest BCUT2D eigenvalue weighted by molar-refractivity contribution is -0.144. The minimum absolute atomic E-state index is 0.231. The Morgan fingerprint density at radius 2 is 1.48 bits per heavy atom. The number of nitrogens with one attached hydrogen (secondary N) is 3. The fourth-order valence-corrected chi connectivity index (χ4v) is 2.99. The van der Waals surface area contributed by atoms with Crippen molar-refractivity contribution < 1.29 is 24.3 Å². The van der Waals surface area contributed by atoms with Gasteiger partial charge in [0, 0.05) is 0 Å². The van der Waals surface area contributed by atoms with E-state index in [0.717, 1.165) is 0 Å². The van der Waals surface area contributed by atoms with Gasteiger partial charge in [0.2, 0.25) is 17.7 Å². The molecule has 0 bridgehead atoms. The maximum Gasteiger partial charge on any atom is 0.326 e. The largest absolute Gasteiger partial charge is 0.480 e. The zero-order valence-electron chi connectivity index (χ0n) is 18.2. The van der Waals surface area contributed by atoms with Crippen molar-refractivity contribution in [3.05, 3.63) is 0 Å². The standard InChI is InChI=1S/C19H36N4O5S/c1-7-11(4)15(18(26)22-14(10(2)3)19(27)28)23-17(25)13(8-9-29-6)21-16(24)12(5)20/h10-15H,7-9,20H2,1-6H3,(H,21,24)(H,22,26)(H,23,25)(H,27,28). The van der Waals surface area contributed by atoms with Crippen LogP contribution in [-0.4, -0.2) is 65.0 Å². The Morgan fingerprint density at radius 3 is 1.90 bits per heavy atom. The Hall–Kier alpha value is -1.81. The van der Waals surface area contributed by atoms with Crippen molar-refractivity contribution in [1.29, 1.82) is 0 Å². The van der Waals surface area contributed by atoms with E-state index >= 15 is 0 Å². The number of carboxylic acids is 1. The van der Waals surface area contributed by atoms with Gasteiger partial charge >= 0.3 is 5.97 Å². The molecule has 0 aliphatic rings. The Balaban J connectivity index is 5.43. The number of hydrogen-bond donors (Lipinski definition) is 5. The van der Waals surface area contributed by atoms with Crippen LogP contribution >= 0.6 is 11.8 Å². The molecule has 168 valence electrons. The number of amides is 3. The molecule has 0 heterocycles. The summed E-state index contributed by atoms with van der Waals surface area (Å²) in [5.41, 5.74) is 5.58. The summed E-state index contributed by atoms with van der Waals surface area (Å²) >= 11 is 1.53. The van der Waals surface area contributed by atoms with Gasteiger partial charge in [0.1, 0.15) is 18.1 Å². The van der Waals surface area contributed by atoms with Crippen molar-refractivity contribution in [2.75, 3.05) is 12.0 Å². The number of hydrogen-bond acceptors (Lipinski definition) is 6. The van der Waals surface area contributed by atoms with Crippen LogP contribution in [0.5, 0.6) is 0 Å². The van der Waals surface area contributed by atoms with Crippen molar-refractivity contribution in [2.45, 2.75) is 71.6 Å². The molecule has 6 N–H and O–H groups in total. The smallest absolute Gasteiger partial charge is 0.326 e. The van der Waals surface area contributed by atoms with E-state index in [-0.39, 0.29) is 11.8 Å². The van der Waals surface area contributed by atoms with Crippen LogP contribution in [0.2, 0.25) is 0 Å². The van der Waals surface area contributed by atoms with Gasteiger partial charge < -0.3 is 26.8 Å². The molecule has 0 spiro atoms. The lowest BCUT2D eigenvalue weighted by Crippen LogP contribution is -2.59. The van der Waals surface area contributed by atoms with E-state index in [1.54, 1.807) is 20.8 Å². The Kier molecular flexibility index (Phi) is 12.6. The molecular weight excluding hydrogens is 396 g/mol. The topological polar surface area (TPSA) is 151 Å². The highest BCUT2D eigenvalue weighted by molar-refractivity contribution is 7.98. The van der Waals surface area contributed by atoms with E-state index in [1.165, 1.54) is 18.7 Å². The summed E-state index contributed by atoms with van der Waals surface area (Å²) in [5, 5.41) is 17.1. The van der Waals surface area contributed by atoms with Crippen LogP contribution in [0.4, 0.5) is 0 Å². The summed E-state index contributed by atoms with van der Waals surface area (Å²) in [6.07, 6.45) is 2.86. The molecule has 0 aliphatic heterocycles. The molecule has 5 unspecified atom stereocenters. The van der Waals surface area contributed by atoms with Crippen LogP contribution in [0.3, 0.4) is 0 Å². The molecule has 9 nitrogen and oxygen atoms in total. The third-order valence-electron chi connectivity index (χ3n) is 4.68. The Morgan fingerprint density at radius 1 is 0.931 bits per heavy atom.